The first-order valence-electron chi connectivity index (χ1n) is 13.5. The van der Waals surface area contributed by atoms with Crippen molar-refractivity contribution in [1.29, 1.82) is 0 Å². The second-order valence-electron chi connectivity index (χ2n) is 10.6. The zero-order valence-corrected chi connectivity index (χ0v) is 23.6. The van der Waals surface area contributed by atoms with Crippen LogP contribution in [0.1, 0.15) is 69.0 Å². The lowest BCUT2D eigenvalue weighted by molar-refractivity contribution is -0.138. The van der Waals surface area contributed by atoms with Gasteiger partial charge in [-0.3, -0.25) is 9.59 Å². The van der Waals surface area contributed by atoms with Gasteiger partial charge in [0, 0.05) is 45.8 Å². The van der Waals surface area contributed by atoms with Crippen LogP contribution >= 0.6 is 0 Å². The number of aryl methyl sites for hydroxylation is 2. The number of allylic oxidation sites excluding steroid dienone is 1. The molecule has 1 aliphatic heterocycles. The Kier molecular flexibility index (Phi) is 7.13. The topological polar surface area (TPSA) is 158 Å². The Morgan fingerprint density at radius 2 is 1.46 bits per heavy atom. The predicted octanol–water partition coefficient (Wildman–Crippen LogP) is 2.34. The Labute approximate surface area is 236 Å². The van der Waals surface area contributed by atoms with Gasteiger partial charge in [0.2, 0.25) is 0 Å². The summed E-state index contributed by atoms with van der Waals surface area (Å²) in [6, 6.07) is 3.93. The maximum absolute atomic E-state index is 11.5. The van der Waals surface area contributed by atoms with E-state index in [9.17, 15) is 24.9 Å². The first-order valence-corrected chi connectivity index (χ1v) is 13.5. The molecule has 0 amide bonds. The molecule has 0 aromatic carbocycles. The minimum atomic E-state index is -0.919. The molecule has 212 valence electrons. The van der Waals surface area contributed by atoms with Gasteiger partial charge in [-0.2, -0.15) is 0 Å². The van der Waals surface area contributed by atoms with Crippen LogP contribution in [-0.4, -0.2) is 47.2 Å². The molecule has 0 aliphatic carbocycles. The first-order chi connectivity index (χ1) is 19.5. The molecule has 0 unspecified atom stereocenters. The SMILES string of the molecule is C=CC1=c2cc(C)c([nH]2)=Cc2[nH]c(c(CCC(=O)O)c2C)C=c2[nH]c(c(C)c2CCC(=O)O)=C(O)c2cc(C)c1[nH]2. The van der Waals surface area contributed by atoms with E-state index in [4.69, 9.17) is 0 Å². The molecule has 0 radical (unpaired) electrons. The van der Waals surface area contributed by atoms with E-state index in [1.54, 1.807) is 6.08 Å². The fourth-order valence-electron chi connectivity index (χ4n) is 5.68. The van der Waals surface area contributed by atoms with Crippen LogP contribution in [0.25, 0.3) is 23.5 Å². The Morgan fingerprint density at radius 1 is 0.805 bits per heavy atom. The second-order valence-corrected chi connectivity index (χ2v) is 10.6. The summed E-state index contributed by atoms with van der Waals surface area (Å²) >= 11 is 0. The van der Waals surface area contributed by atoms with E-state index in [0.717, 1.165) is 66.7 Å². The van der Waals surface area contributed by atoms with Crippen LogP contribution in [0.2, 0.25) is 0 Å². The van der Waals surface area contributed by atoms with Gasteiger partial charge >= 0.3 is 11.9 Å². The number of hydrogen-bond acceptors (Lipinski definition) is 3. The van der Waals surface area contributed by atoms with Gasteiger partial charge in [0.15, 0.2) is 5.76 Å². The van der Waals surface area contributed by atoms with Crippen LogP contribution in [0.5, 0.6) is 0 Å². The summed E-state index contributed by atoms with van der Waals surface area (Å²) in [6.45, 7) is 11.8. The molecular weight excluding hydrogens is 520 g/mol. The van der Waals surface area contributed by atoms with Gasteiger partial charge in [0.25, 0.3) is 0 Å². The van der Waals surface area contributed by atoms with E-state index < -0.39 is 11.9 Å². The zero-order chi connectivity index (χ0) is 29.6. The molecule has 9 heteroatoms. The van der Waals surface area contributed by atoms with E-state index in [1.807, 2.05) is 45.9 Å². The van der Waals surface area contributed by atoms with Crippen molar-refractivity contribution in [3.05, 3.63) is 102 Å². The van der Waals surface area contributed by atoms with Gasteiger partial charge in [0.1, 0.15) is 0 Å². The number of aromatic amines is 4. The van der Waals surface area contributed by atoms with Gasteiger partial charge < -0.3 is 35.3 Å². The molecule has 0 spiro atoms. The summed E-state index contributed by atoms with van der Waals surface area (Å²) in [7, 11) is 0. The highest BCUT2D eigenvalue weighted by Crippen LogP contribution is 2.23. The lowest BCUT2D eigenvalue weighted by Crippen LogP contribution is -2.16. The summed E-state index contributed by atoms with van der Waals surface area (Å²) in [5.41, 5.74) is 9.00. The maximum Gasteiger partial charge on any atom is 0.303 e. The number of carboxylic acids is 2. The number of carbonyl (C=O) groups is 2. The van der Waals surface area contributed by atoms with Crippen molar-refractivity contribution in [2.45, 2.75) is 53.4 Å². The molecule has 0 saturated heterocycles. The van der Waals surface area contributed by atoms with Crippen LogP contribution in [0.4, 0.5) is 0 Å². The van der Waals surface area contributed by atoms with E-state index in [2.05, 4.69) is 32.6 Å². The number of hydrogen-bond donors (Lipinski definition) is 7. The largest absolute Gasteiger partial charge is 0.504 e. The van der Waals surface area contributed by atoms with Gasteiger partial charge in [-0.25, -0.2) is 0 Å². The Hall–Kier alpha value is -4.92. The quantitative estimate of drug-likeness (QED) is 0.187. The minimum absolute atomic E-state index is 0.00901. The van der Waals surface area contributed by atoms with Gasteiger partial charge in [-0.1, -0.05) is 12.7 Å². The third kappa shape index (κ3) is 5.06. The third-order valence-corrected chi connectivity index (χ3v) is 7.94. The summed E-state index contributed by atoms with van der Waals surface area (Å²) in [5.74, 6) is -1.80. The normalized spacial score (nSPS) is 12.7. The smallest absolute Gasteiger partial charge is 0.303 e. The summed E-state index contributed by atoms with van der Waals surface area (Å²) < 4.78 is 0. The van der Waals surface area contributed by atoms with E-state index >= 15 is 0 Å². The van der Waals surface area contributed by atoms with Crippen LogP contribution in [0, 0.1) is 27.7 Å². The van der Waals surface area contributed by atoms with Crippen molar-refractivity contribution >= 4 is 35.4 Å². The highest BCUT2D eigenvalue weighted by atomic mass is 16.4. The number of aliphatic carboxylic acids is 2. The zero-order valence-electron chi connectivity index (χ0n) is 23.6. The number of nitrogens with one attached hydrogen (secondary N) is 4. The van der Waals surface area contributed by atoms with Crippen molar-refractivity contribution in [3.63, 3.8) is 0 Å². The van der Waals surface area contributed by atoms with E-state index in [1.165, 1.54) is 0 Å². The number of aliphatic hydroxyl groups is 1. The average Bonchev–Trinajstić information content (AvgIpc) is 3.63. The van der Waals surface area contributed by atoms with Crippen molar-refractivity contribution in [2.24, 2.45) is 0 Å². The molecule has 5 heterocycles. The summed E-state index contributed by atoms with van der Waals surface area (Å²) in [5, 5.41) is 33.2. The van der Waals surface area contributed by atoms with E-state index in [-0.39, 0.29) is 25.0 Å². The molecular formula is C32H34N4O5. The van der Waals surface area contributed by atoms with Crippen LogP contribution in [0.15, 0.2) is 24.8 Å². The van der Waals surface area contributed by atoms with Gasteiger partial charge in [-0.15, -0.1) is 0 Å². The maximum atomic E-state index is 11.5. The van der Waals surface area contributed by atoms with Gasteiger partial charge in [0.05, 0.1) is 16.7 Å². The van der Waals surface area contributed by atoms with Crippen molar-refractivity contribution in [1.82, 2.24) is 19.9 Å². The van der Waals surface area contributed by atoms with E-state index in [0.29, 0.717) is 22.8 Å². The molecule has 4 aromatic rings. The minimum Gasteiger partial charge on any atom is -0.504 e. The standard InChI is InChI=1S/C32H34N4O5/c1-6-19-24-11-15(2)22(33-24)13-23-17(4)20(7-9-28(37)38)25(34-23)14-26-21(8-10-29(39)40)18(5)31(35-26)32(41)27-12-16(3)30(19)36-27/h6,11-14,33-36,41H,1,7-10H2,2-5H3,(H,37,38)(H,39,40). The molecule has 5 rings (SSSR count). The Morgan fingerprint density at radius 3 is 2.12 bits per heavy atom. The molecule has 0 fully saturated rings. The fourth-order valence-corrected chi connectivity index (χ4v) is 5.68. The molecule has 7 N–H and O–H groups in total. The number of aliphatic hydroxyl groups excluding tert-OH is 1. The number of aromatic nitrogens is 4. The molecule has 9 nitrogen and oxygen atoms in total. The van der Waals surface area contributed by atoms with Crippen LogP contribution < -0.4 is 21.4 Å². The van der Waals surface area contributed by atoms with Gasteiger partial charge in [-0.05, 0) is 98.2 Å². The Bertz CT molecular complexity index is 1980. The first kappa shape index (κ1) is 27.6. The average molecular weight is 555 g/mol. The molecule has 1 aliphatic rings. The summed E-state index contributed by atoms with van der Waals surface area (Å²) in [6.07, 6.45) is 6.14. The fraction of sp³-hybridized carbons (Fsp3) is 0.250. The number of H-pyrrole nitrogens is 4. The second kappa shape index (κ2) is 10.6. The molecule has 0 atom stereocenters. The number of rotatable bonds is 7. The lowest BCUT2D eigenvalue weighted by Gasteiger charge is -2.02. The third-order valence-electron chi connectivity index (χ3n) is 7.94. The van der Waals surface area contributed by atoms with Crippen molar-refractivity contribution in [2.75, 3.05) is 0 Å². The Balaban J connectivity index is 1.93. The summed E-state index contributed by atoms with van der Waals surface area (Å²) in [4.78, 5) is 36.7. The molecule has 8 bridgehead atoms. The van der Waals surface area contributed by atoms with Crippen LogP contribution in [0.3, 0.4) is 0 Å². The highest BCUT2D eigenvalue weighted by molar-refractivity contribution is 5.75. The molecule has 41 heavy (non-hydrogen) atoms. The van der Waals surface area contributed by atoms with Crippen molar-refractivity contribution < 1.29 is 24.9 Å². The number of carboxylic acid groups (broad SMARTS) is 2. The lowest BCUT2D eigenvalue weighted by atomic mass is 10.0. The highest BCUT2D eigenvalue weighted by Gasteiger charge is 2.18. The monoisotopic (exact) mass is 554 g/mol. The molecule has 4 aromatic heterocycles. The van der Waals surface area contributed by atoms with Crippen molar-refractivity contribution in [3.8, 4) is 0 Å². The molecule has 0 saturated carbocycles. The predicted molar refractivity (Wildman–Crippen MR) is 158 cm³/mol. The van der Waals surface area contributed by atoms with Crippen LogP contribution in [-0.2, 0) is 22.4 Å². The number of fused-ring (bicyclic) bond motifs is 8.